The lowest BCUT2D eigenvalue weighted by molar-refractivity contribution is -0.136. The van der Waals surface area contributed by atoms with E-state index >= 15 is 8.78 Å². The molecule has 0 unspecified atom stereocenters. The normalized spacial score (nSPS) is 22.8. The van der Waals surface area contributed by atoms with Crippen LogP contribution in [0.25, 0.3) is 22.1 Å². The van der Waals surface area contributed by atoms with Gasteiger partial charge in [-0.2, -0.15) is 0 Å². The summed E-state index contributed by atoms with van der Waals surface area (Å²) in [6.07, 6.45) is 11.0. The Hall–Kier alpha value is -6.46. The number of nitrogens with zero attached hydrogens (tertiary/aromatic N) is 6. The number of hydrogen-bond acceptors (Lipinski definition) is 10. The largest absolute Gasteiger partial charge is 0.453 e. The lowest BCUT2D eigenvalue weighted by Gasteiger charge is -2.45. The minimum atomic E-state index is -0.762. The third-order valence-electron chi connectivity index (χ3n) is 17.0. The maximum atomic E-state index is 16.8. The first-order valence-electron chi connectivity index (χ1n) is 27.0. The third kappa shape index (κ3) is 9.84. The Balaban J connectivity index is 0.965. The van der Waals surface area contributed by atoms with Gasteiger partial charge in [0, 0.05) is 31.9 Å². The van der Waals surface area contributed by atoms with E-state index in [2.05, 4.69) is 37.6 Å². The van der Waals surface area contributed by atoms with Gasteiger partial charge >= 0.3 is 12.2 Å². The van der Waals surface area contributed by atoms with Crippen molar-refractivity contribution in [3.63, 3.8) is 0 Å². The zero-order valence-electron chi connectivity index (χ0n) is 43.6. The molecular weight excluding hydrogens is 947 g/mol. The van der Waals surface area contributed by atoms with Crippen LogP contribution < -0.4 is 20.4 Å². The molecule has 18 heteroatoms. The highest BCUT2D eigenvalue weighted by Gasteiger charge is 2.42. The van der Waals surface area contributed by atoms with Crippen LogP contribution in [-0.2, 0) is 19.1 Å². The molecule has 4 N–H and O–H groups in total. The maximum Gasteiger partial charge on any atom is 0.407 e. The number of fused-ring (bicyclic) bond motifs is 2. The quantitative estimate of drug-likeness (QED) is 0.0939. The molecule has 10 rings (SSSR count). The van der Waals surface area contributed by atoms with Crippen LogP contribution in [0.15, 0.2) is 48.5 Å². The Labute approximate surface area is 431 Å². The summed E-state index contributed by atoms with van der Waals surface area (Å²) in [7, 11) is 2.56. The molecule has 0 bridgehead atoms. The number of carbonyl (C=O) groups is 4. The molecule has 5 aliphatic rings. The monoisotopic (exact) mass is 1020 g/mol. The predicted octanol–water partition coefficient (Wildman–Crippen LogP) is 10.4. The first-order valence-corrected chi connectivity index (χ1v) is 27.0. The second-order valence-electron chi connectivity index (χ2n) is 22.2. The lowest BCUT2D eigenvalue weighted by atomic mass is 9.68. The summed E-state index contributed by atoms with van der Waals surface area (Å²) in [5, 5.41) is 5.44. The minimum absolute atomic E-state index is 0.0445. The fourth-order valence-electron chi connectivity index (χ4n) is 13.0. The van der Waals surface area contributed by atoms with Crippen LogP contribution in [-0.4, -0.2) is 106 Å². The van der Waals surface area contributed by atoms with Gasteiger partial charge < -0.3 is 49.7 Å². The van der Waals surface area contributed by atoms with E-state index < -0.39 is 35.9 Å². The van der Waals surface area contributed by atoms with Crippen LogP contribution in [0, 0.1) is 28.9 Å². The van der Waals surface area contributed by atoms with Crippen molar-refractivity contribution in [3.8, 4) is 0 Å². The Morgan fingerprint density at radius 1 is 0.608 bits per heavy atom. The first-order chi connectivity index (χ1) is 35.6. The van der Waals surface area contributed by atoms with Crippen LogP contribution in [0.5, 0.6) is 0 Å². The minimum Gasteiger partial charge on any atom is -0.453 e. The highest BCUT2D eigenvalue weighted by Crippen LogP contribution is 2.50. The average molecular weight is 1020 g/mol. The molecule has 4 saturated heterocycles. The number of rotatable bonds is 12. The van der Waals surface area contributed by atoms with E-state index in [4.69, 9.17) is 19.4 Å². The molecule has 74 heavy (non-hydrogen) atoms. The summed E-state index contributed by atoms with van der Waals surface area (Å²) >= 11 is 0. The third-order valence-corrected chi connectivity index (χ3v) is 17.0. The second-order valence-corrected chi connectivity index (χ2v) is 22.2. The summed E-state index contributed by atoms with van der Waals surface area (Å²) in [6.45, 7) is 9.87. The summed E-state index contributed by atoms with van der Waals surface area (Å²) in [5.74, 6) is -0.545. The number of ether oxygens (including phenoxy) is 2. The van der Waals surface area contributed by atoms with Gasteiger partial charge in [0.05, 0.1) is 60.5 Å². The van der Waals surface area contributed by atoms with E-state index in [1.54, 1.807) is 9.80 Å². The zero-order chi connectivity index (χ0) is 52.0. The molecular formula is C56H72F2N10O6. The number of hydrogen-bond donors (Lipinski definition) is 4. The molecule has 1 spiro atoms. The number of nitrogens with one attached hydrogen (secondary N) is 4. The fraction of sp³-hybridized carbons (Fsp3) is 0.571. The van der Waals surface area contributed by atoms with Gasteiger partial charge in [-0.05, 0) is 129 Å². The number of imidazole rings is 2. The van der Waals surface area contributed by atoms with Crippen molar-refractivity contribution in [1.82, 2.24) is 40.4 Å². The molecule has 4 aliphatic heterocycles. The smallest absolute Gasteiger partial charge is 0.407 e. The molecule has 0 radical (unpaired) electrons. The van der Waals surface area contributed by atoms with Gasteiger partial charge in [0.25, 0.3) is 0 Å². The average Bonchev–Trinajstić information content (AvgIpc) is 4.26. The number of H-pyrrole nitrogens is 2. The maximum absolute atomic E-state index is 16.8. The number of anilines is 2. The van der Waals surface area contributed by atoms with Gasteiger partial charge in [0.2, 0.25) is 11.8 Å². The molecule has 4 amide bonds. The number of alkyl carbamates (subject to hydrolysis) is 2. The van der Waals surface area contributed by atoms with E-state index in [9.17, 15) is 19.2 Å². The van der Waals surface area contributed by atoms with Crippen molar-refractivity contribution in [3.05, 3.63) is 82.9 Å². The summed E-state index contributed by atoms with van der Waals surface area (Å²) in [5.41, 5.74) is 5.69. The number of carbonyl (C=O) groups excluding carboxylic acids is 4. The molecule has 1 saturated carbocycles. The predicted molar refractivity (Wildman–Crippen MR) is 278 cm³/mol. The van der Waals surface area contributed by atoms with E-state index in [0.29, 0.717) is 80.2 Å². The molecule has 16 nitrogen and oxygen atoms in total. The van der Waals surface area contributed by atoms with Gasteiger partial charge in [-0.1, -0.05) is 59.1 Å². The zero-order valence-corrected chi connectivity index (χ0v) is 43.6. The van der Waals surface area contributed by atoms with Crippen molar-refractivity contribution in [2.24, 2.45) is 17.3 Å². The highest BCUT2D eigenvalue weighted by molar-refractivity contribution is 5.88. The van der Waals surface area contributed by atoms with Crippen molar-refractivity contribution in [1.29, 1.82) is 0 Å². The van der Waals surface area contributed by atoms with E-state index in [1.165, 1.54) is 58.5 Å². The number of methoxy groups -OCH3 is 2. The van der Waals surface area contributed by atoms with Crippen LogP contribution in [0.3, 0.4) is 0 Å². The standard InChI is InChI=1S/C56H72F2N10O6/c1-32(2)47(63-54(71)73-5)52(69)66-24-10-12-45(66)50-59-39-16-14-34(28-41(39)61-50)43-18-19-44(68(43)36-30-37(57)49(38(58)31-36)65-26-22-56(23-27-65)20-8-7-9-21-56)35-15-17-40-42(29-35)62-51(60-40)46-13-11-25-67(46)53(70)48(33(3)4)64-55(72)74-6/h14-17,28-33,43-48H,7-13,18-27H2,1-6H3,(H,59,61)(H,60,62)(H,63,71)(H,64,72)/t43-,44-,45+,46+,47+,48+/m1/s1. The second kappa shape index (κ2) is 21.0. The van der Waals surface area contributed by atoms with Gasteiger partial charge in [0.15, 0.2) is 11.6 Å². The van der Waals surface area contributed by atoms with Crippen LogP contribution in [0.4, 0.5) is 29.7 Å². The van der Waals surface area contributed by atoms with Crippen molar-refractivity contribution in [2.45, 2.75) is 147 Å². The Morgan fingerprint density at radius 3 is 1.50 bits per heavy atom. The number of benzene rings is 3. The summed E-state index contributed by atoms with van der Waals surface area (Å²) in [4.78, 5) is 77.2. The van der Waals surface area contributed by atoms with Gasteiger partial charge in [-0.15, -0.1) is 0 Å². The number of amides is 4. The Bertz CT molecular complexity index is 2720. The van der Waals surface area contributed by atoms with E-state index in [0.717, 1.165) is 47.8 Å². The molecule has 6 atom stereocenters. The Kier molecular flexibility index (Phi) is 14.5. The number of aromatic amines is 2. The van der Waals surface area contributed by atoms with E-state index in [-0.39, 0.29) is 58.9 Å². The molecule has 6 heterocycles. The Morgan fingerprint density at radius 2 is 1.07 bits per heavy atom. The number of likely N-dealkylation sites (tertiary alicyclic amines) is 2. The molecule has 3 aromatic carbocycles. The highest BCUT2D eigenvalue weighted by atomic mass is 19.1. The van der Waals surface area contributed by atoms with Crippen molar-refractivity contribution >= 4 is 57.4 Å². The van der Waals surface area contributed by atoms with Gasteiger partial charge in [-0.3, -0.25) is 9.59 Å². The summed E-state index contributed by atoms with van der Waals surface area (Å²) < 4.78 is 43.3. The van der Waals surface area contributed by atoms with Crippen molar-refractivity contribution < 1.29 is 37.4 Å². The van der Waals surface area contributed by atoms with E-state index in [1.807, 2.05) is 56.9 Å². The lowest BCUT2D eigenvalue weighted by Crippen LogP contribution is -2.51. The number of piperidine rings is 1. The van der Waals surface area contributed by atoms with Gasteiger partial charge in [-0.25, -0.2) is 28.3 Å². The van der Waals surface area contributed by atoms with Crippen LogP contribution >= 0.6 is 0 Å². The van der Waals surface area contributed by atoms with Crippen molar-refractivity contribution in [2.75, 3.05) is 50.2 Å². The SMILES string of the molecule is COC(=O)N[C@H](C(=O)N1CCC[C@H]1c1nc2cc([C@H]3CC[C@H](c4ccc5[nH]c([C@@H]6CCCN6C(=O)[C@@H](NC(=O)OC)C(C)C)nc5c4)N3c3cc(F)c(N4CCC5(CCCCC5)CC4)c(F)c3)ccc2[nH]1)C(C)C. The molecule has 2 aromatic heterocycles. The molecule has 396 valence electrons. The topological polar surface area (TPSA) is 181 Å². The van der Waals surface area contributed by atoms with Crippen LogP contribution in [0.1, 0.15) is 158 Å². The van der Waals surface area contributed by atoms with Gasteiger partial charge in [0.1, 0.15) is 29.4 Å². The number of halogens is 2. The van der Waals surface area contributed by atoms with Crippen LogP contribution in [0.2, 0.25) is 0 Å². The number of aromatic nitrogens is 4. The fourth-order valence-corrected chi connectivity index (χ4v) is 13.0. The molecule has 5 aromatic rings. The molecule has 5 fully saturated rings. The first kappa shape index (κ1) is 51.0. The summed E-state index contributed by atoms with van der Waals surface area (Å²) in [6, 6.07) is 12.5. The molecule has 1 aliphatic carbocycles.